The zero-order valence-electron chi connectivity index (χ0n) is 19.3. The second-order valence-corrected chi connectivity index (χ2v) is 9.44. The Bertz CT molecular complexity index is 1110. The number of rotatable bonds is 8. The first-order valence-corrected chi connectivity index (χ1v) is 12.1. The number of hydrogen-bond acceptors (Lipinski definition) is 8. The van der Waals surface area contributed by atoms with E-state index in [1.807, 2.05) is 51.1 Å². The molecule has 2 aromatic heterocycles. The second kappa shape index (κ2) is 10.4. The molecule has 1 fully saturated rings. The van der Waals surface area contributed by atoms with Crippen LogP contribution in [-0.2, 0) is 11.2 Å². The van der Waals surface area contributed by atoms with Crippen molar-refractivity contribution in [3.8, 4) is 0 Å². The largest absolute Gasteiger partial charge is 0.393 e. The smallest absolute Gasteiger partial charge is 0.196 e. The molecule has 0 amide bonds. The maximum atomic E-state index is 11.7. The van der Waals surface area contributed by atoms with Crippen LogP contribution in [0.25, 0.3) is 0 Å². The number of H-pyrrole nitrogens is 1. The van der Waals surface area contributed by atoms with Crippen molar-refractivity contribution in [2.75, 3.05) is 23.3 Å². The van der Waals surface area contributed by atoms with Gasteiger partial charge in [-0.1, -0.05) is 19.1 Å². The number of ketones is 1. The highest BCUT2D eigenvalue weighted by atomic mass is 32.2. The molecule has 0 spiro atoms. The third-order valence-corrected chi connectivity index (χ3v) is 6.62. The molecule has 1 saturated heterocycles. The fraction of sp³-hybridized carbons (Fsp3) is 0.417. The van der Waals surface area contributed by atoms with Gasteiger partial charge in [0.15, 0.2) is 11.0 Å². The average molecular weight is 467 g/mol. The molecule has 0 atom stereocenters. The Labute approximate surface area is 198 Å². The standard InChI is InChI=1S/C24H30N6O2S/c1-4-18(31)14-17-5-7-20(8-6-17)33-24-26-22(25-21-13-15(2)28-29-21)16(3)23(27-24)30-11-9-19(32)10-12-30/h5-8,13,19,32H,4,9-12,14H2,1-3H3,(H2,25,26,27,28,29). The van der Waals surface area contributed by atoms with Crippen LogP contribution in [0.15, 0.2) is 40.4 Å². The van der Waals surface area contributed by atoms with Gasteiger partial charge in [-0.3, -0.25) is 9.89 Å². The van der Waals surface area contributed by atoms with Gasteiger partial charge < -0.3 is 15.3 Å². The van der Waals surface area contributed by atoms with Crippen LogP contribution < -0.4 is 10.2 Å². The fourth-order valence-electron chi connectivity index (χ4n) is 3.77. The van der Waals surface area contributed by atoms with Crippen molar-refractivity contribution in [2.45, 2.75) is 62.6 Å². The molecule has 0 unspecified atom stereocenters. The molecular weight excluding hydrogens is 436 g/mol. The van der Waals surface area contributed by atoms with Gasteiger partial charge in [-0.25, -0.2) is 9.97 Å². The van der Waals surface area contributed by atoms with Crippen LogP contribution in [-0.4, -0.2) is 50.2 Å². The Morgan fingerprint density at radius 2 is 1.94 bits per heavy atom. The van der Waals surface area contributed by atoms with Crippen molar-refractivity contribution < 1.29 is 9.90 Å². The summed E-state index contributed by atoms with van der Waals surface area (Å²) in [6.07, 6.45) is 2.22. The van der Waals surface area contributed by atoms with Crippen LogP contribution in [0.5, 0.6) is 0 Å². The van der Waals surface area contributed by atoms with Crippen LogP contribution in [0.3, 0.4) is 0 Å². The molecule has 3 N–H and O–H groups in total. The number of piperidine rings is 1. The molecule has 1 aliphatic rings. The number of hydrogen-bond donors (Lipinski definition) is 3. The summed E-state index contributed by atoms with van der Waals surface area (Å²) < 4.78 is 0. The Morgan fingerprint density at radius 3 is 2.58 bits per heavy atom. The quantitative estimate of drug-likeness (QED) is 0.424. The van der Waals surface area contributed by atoms with Crippen molar-refractivity contribution in [2.24, 2.45) is 0 Å². The van der Waals surface area contributed by atoms with E-state index in [1.165, 1.54) is 11.8 Å². The number of carbonyl (C=O) groups excluding carboxylic acids is 1. The van der Waals surface area contributed by atoms with Gasteiger partial charge in [-0.15, -0.1) is 0 Å². The summed E-state index contributed by atoms with van der Waals surface area (Å²) in [5, 5.41) is 21.1. The van der Waals surface area contributed by atoms with Crippen molar-refractivity contribution in [3.63, 3.8) is 0 Å². The number of aromatic nitrogens is 4. The van der Waals surface area contributed by atoms with Crippen LogP contribution in [0, 0.1) is 13.8 Å². The average Bonchev–Trinajstić information content (AvgIpc) is 3.22. The lowest BCUT2D eigenvalue weighted by Crippen LogP contribution is -2.37. The molecule has 1 aliphatic heterocycles. The van der Waals surface area contributed by atoms with Gasteiger partial charge in [0.1, 0.15) is 17.4 Å². The number of nitrogens with one attached hydrogen (secondary N) is 2. The van der Waals surface area contributed by atoms with E-state index in [-0.39, 0.29) is 11.9 Å². The van der Waals surface area contributed by atoms with E-state index in [2.05, 4.69) is 20.4 Å². The Morgan fingerprint density at radius 1 is 1.21 bits per heavy atom. The molecule has 0 bridgehead atoms. The lowest BCUT2D eigenvalue weighted by molar-refractivity contribution is -0.118. The highest BCUT2D eigenvalue weighted by Crippen LogP contribution is 2.33. The number of Topliss-reactive ketones (excluding diaryl/α,β-unsaturated/α-hetero) is 1. The van der Waals surface area contributed by atoms with Crippen molar-refractivity contribution in [1.82, 2.24) is 20.2 Å². The summed E-state index contributed by atoms with van der Waals surface area (Å²) in [6, 6.07) is 9.92. The van der Waals surface area contributed by atoms with Crippen molar-refractivity contribution in [3.05, 3.63) is 47.2 Å². The van der Waals surface area contributed by atoms with E-state index in [0.29, 0.717) is 29.6 Å². The van der Waals surface area contributed by atoms with Crippen LogP contribution in [0.2, 0.25) is 0 Å². The zero-order valence-corrected chi connectivity index (χ0v) is 20.1. The van der Waals surface area contributed by atoms with Crippen molar-refractivity contribution in [1.29, 1.82) is 0 Å². The first kappa shape index (κ1) is 23.3. The molecule has 3 heterocycles. The summed E-state index contributed by atoms with van der Waals surface area (Å²) in [5.74, 6) is 2.53. The van der Waals surface area contributed by atoms with E-state index in [4.69, 9.17) is 9.97 Å². The number of carbonyl (C=O) groups is 1. The normalized spacial score (nSPS) is 14.5. The second-order valence-electron chi connectivity index (χ2n) is 8.40. The molecule has 0 aliphatic carbocycles. The highest BCUT2D eigenvalue weighted by Gasteiger charge is 2.23. The van der Waals surface area contributed by atoms with E-state index in [9.17, 15) is 9.90 Å². The lowest BCUT2D eigenvalue weighted by atomic mass is 10.1. The predicted molar refractivity (Wildman–Crippen MR) is 130 cm³/mol. The van der Waals surface area contributed by atoms with Gasteiger partial charge in [-0.2, -0.15) is 5.10 Å². The van der Waals surface area contributed by atoms with E-state index in [0.717, 1.165) is 53.5 Å². The number of aliphatic hydroxyl groups is 1. The third-order valence-electron chi connectivity index (χ3n) is 5.74. The van der Waals surface area contributed by atoms with Gasteiger partial charge in [0.25, 0.3) is 0 Å². The van der Waals surface area contributed by atoms with Gasteiger partial charge in [-0.05, 0) is 56.1 Å². The summed E-state index contributed by atoms with van der Waals surface area (Å²) in [7, 11) is 0. The van der Waals surface area contributed by atoms with Gasteiger partial charge in [0.05, 0.1) is 6.10 Å². The molecule has 9 heteroatoms. The molecule has 33 heavy (non-hydrogen) atoms. The Kier molecular flexibility index (Phi) is 7.29. The summed E-state index contributed by atoms with van der Waals surface area (Å²) in [4.78, 5) is 24.6. The minimum atomic E-state index is -0.250. The zero-order chi connectivity index (χ0) is 23.4. The predicted octanol–water partition coefficient (Wildman–Crippen LogP) is 4.19. The first-order chi connectivity index (χ1) is 15.9. The summed E-state index contributed by atoms with van der Waals surface area (Å²) in [5.41, 5.74) is 2.93. The van der Waals surface area contributed by atoms with Crippen LogP contribution in [0.4, 0.5) is 17.5 Å². The van der Waals surface area contributed by atoms with Crippen LogP contribution in [0.1, 0.15) is 43.0 Å². The minimum absolute atomic E-state index is 0.234. The number of benzene rings is 1. The third kappa shape index (κ3) is 5.91. The number of nitrogens with zero attached hydrogens (tertiary/aromatic N) is 4. The lowest BCUT2D eigenvalue weighted by Gasteiger charge is -2.32. The number of aromatic amines is 1. The SMILES string of the molecule is CCC(=O)Cc1ccc(Sc2nc(Nc3cc(C)[nH]n3)c(C)c(N3CCC(O)CC3)n2)cc1. The summed E-state index contributed by atoms with van der Waals surface area (Å²) in [6.45, 7) is 7.36. The highest BCUT2D eigenvalue weighted by molar-refractivity contribution is 7.99. The van der Waals surface area contributed by atoms with Crippen LogP contribution >= 0.6 is 11.8 Å². The van der Waals surface area contributed by atoms with Gasteiger partial charge in [0.2, 0.25) is 0 Å². The molecule has 0 saturated carbocycles. The van der Waals surface area contributed by atoms with E-state index >= 15 is 0 Å². The minimum Gasteiger partial charge on any atom is -0.393 e. The van der Waals surface area contributed by atoms with Crippen molar-refractivity contribution >= 4 is 35.0 Å². The number of aliphatic hydroxyl groups excluding tert-OH is 1. The molecule has 0 radical (unpaired) electrons. The monoisotopic (exact) mass is 466 g/mol. The van der Waals surface area contributed by atoms with Gasteiger partial charge >= 0.3 is 0 Å². The topological polar surface area (TPSA) is 107 Å². The van der Waals surface area contributed by atoms with E-state index in [1.54, 1.807) is 0 Å². The fourth-order valence-corrected chi connectivity index (χ4v) is 4.53. The molecule has 1 aromatic carbocycles. The maximum absolute atomic E-state index is 11.7. The molecule has 4 rings (SSSR count). The number of aryl methyl sites for hydroxylation is 1. The number of anilines is 3. The first-order valence-electron chi connectivity index (χ1n) is 11.3. The molecular formula is C24H30N6O2S. The van der Waals surface area contributed by atoms with Gasteiger partial charge in [0, 0.05) is 48.2 Å². The Balaban J connectivity index is 1.61. The summed E-state index contributed by atoms with van der Waals surface area (Å²) >= 11 is 1.49. The maximum Gasteiger partial charge on any atom is 0.196 e. The molecule has 8 nitrogen and oxygen atoms in total. The molecule has 3 aromatic rings. The van der Waals surface area contributed by atoms with E-state index < -0.39 is 0 Å². The Hall–Kier alpha value is -2.91. The molecule has 174 valence electrons.